The number of nitrogens with zero attached hydrogens (tertiary/aromatic N) is 1. The molecule has 1 saturated heterocycles. The summed E-state index contributed by atoms with van der Waals surface area (Å²) in [6.45, 7) is 2.18. The maximum absolute atomic E-state index is 11.8. The Kier molecular flexibility index (Phi) is 7.70. The zero-order chi connectivity index (χ0) is 15.7. The van der Waals surface area contributed by atoms with Crippen molar-refractivity contribution in [1.29, 1.82) is 0 Å². The van der Waals surface area contributed by atoms with Crippen molar-refractivity contribution in [2.45, 2.75) is 18.9 Å². The summed E-state index contributed by atoms with van der Waals surface area (Å²) in [5.41, 5.74) is 0. The normalized spacial score (nSPS) is 19.0. The molecule has 1 fully saturated rings. The Morgan fingerprint density at radius 3 is 2.86 bits per heavy atom. The van der Waals surface area contributed by atoms with E-state index in [1.54, 1.807) is 12.0 Å². The fourth-order valence-corrected chi connectivity index (χ4v) is 2.10. The molecule has 0 saturated carbocycles. The minimum Gasteiger partial charge on any atom is -0.469 e. The molecule has 1 aliphatic heterocycles. The largest absolute Gasteiger partial charge is 0.469 e. The lowest BCUT2D eigenvalue weighted by molar-refractivity contribution is -0.146. The first-order valence-corrected chi connectivity index (χ1v) is 6.92. The van der Waals surface area contributed by atoms with Crippen LogP contribution in [-0.2, 0) is 23.9 Å². The predicted octanol–water partition coefficient (Wildman–Crippen LogP) is -1.50. The molecular formula is C13H23N3O5. The summed E-state index contributed by atoms with van der Waals surface area (Å²) in [5.74, 6) is -0.892. The Labute approximate surface area is 124 Å². The van der Waals surface area contributed by atoms with Gasteiger partial charge in [0.1, 0.15) is 6.04 Å². The van der Waals surface area contributed by atoms with Gasteiger partial charge in [0, 0.05) is 33.4 Å². The van der Waals surface area contributed by atoms with Crippen molar-refractivity contribution in [3.63, 3.8) is 0 Å². The van der Waals surface area contributed by atoms with Crippen molar-refractivity contribution in [3.05, 3.63) is 0 Å². The third-order valence-electron chi connectivity index (χ3n) is 3.22. The van der Waals surface area contributed by atoms with Gasteiger partial charge in [-0.3, -0.25) is 19.3 Å². The molecule has 2 N–H and O–H groups in total. The Bertz CT molecular complexity index is 375. The summed E-state index contributed by atoms with van der Waals surface area (Å²) < 4.78 is 9.48. The van der Waals surface area contributed by atoms with Crippen molar-refractivity contribution in [2.24, 2.45) is 0 Å². The summed E-state index contributed by atoms with van der Waals surface area (Å²) in [5, 5.41) is 5.45. The molecule has 0 aromatic rings. The molecule has 8 nitrogen and oxygen atoms in total. The molecule has 8 heteroatoms. The molecule has 0 aromatic heterocycles. The highest BCUT2D eigenvalue weighted by Gasteiger charge is 2.32. The minimum absolute atomic E-state index is 0.0563. The molecule has 1 atom stereocenters. The number of rotatable bonds is 8. The zero-order valence-electron chi connectivity index (χ0n) is 12.5. The Morgan fingerprint density at radius 2 is 2.19 bits per heavy atom. The molecule has 0 bridgehead atoms. The van der Waals surface area contributed by atoms with Crippen LogP contribution in [0.3, 0.4) is 0 Å². The highest BCUT2D eigenvalue weighted by atomic mass is 16.5. The molecule has 1 rings (SSSR count). The van der Waals surface area contributed by atoms with Gasteiger partial charge in [-0.2, -0.15) is 0 Å². The van der Waals surface area contributed by atoms with Crippen LogP contribution in [0.15, 0.2) is 0 Å². The molecule has 0 radical (unpaired) electrons. The van der Waals surface area contributed by atoms with Crippen molar-refractivity contribution in [1.82, 2.24) is 15.5 Å². The quantitative estimate of drug-likeness (QED) is 0.418. The second kappa shape index (κ2) is 9.30. The number of methoxy groups -OCH3 is 2. The van der Waals surface area contributed by atoms with Gasteiger partial charge in [0.25, 0.3) is 0 Å². The number of carbonyl (C=O) groups is 3. The van der Waals surface area contributed by atoms with Crippen LogP contribution in [0.4, 0.5) is 0 Å². The fourth-order valence-electron chi connectivity index (χ4n) is 2.10. The van der Waals surface area contributed by atoms with Crippen molar-refractivity contribution in [2.75, 3.05) is 47.0 Å². The number of amides is 2. The van der Waals surface area contributed by atoms with Gasteiger partial charge in [0.15, 0.2) is 0 Å². The van der Waals surface area contributed by atoms with Crippen LogP contribution >= 0.6 is 0 Å². The molecule has 120 valence electrons. The topological polar surface area (TPSA) is 97.0 Å². The lowest BCUT2D eigenvalue weighted by Gasteiger charge is -2.33. The fraction of sp³-hybridized carbons (Fsp3) is 0.769. The number of ether oxygens (including phenoxy) is 2. The van der Waals surface area contributed by atoms with E-state index in [-0.39, 0.29) is 24.8 Å². The number of nitrogens with one attached hydrogen (secondary N) is 2. The molecule has 0 aliphatic carbocycles. The molecule has 0 aromatic carbocycles. The first-order valence-electron chi connectivity index (χ1n) is 6.92. The summed E-state index contributed by atoms with van der Waals surface area (Å²) >= 11 is 0. The van der Waals surface area contributed by atoms with Crippen LogP contribution in [0.25, 0.3) is 0 Å². The number of piperazine rings is 1. The van der Waals surface area contributed by atoms with Crippen LogP contribution in [0, 0.1) is 0 Å². The van der Waals surface area contributed by atoms with E-state index in [1.807, 2.05) is 0 Å². The van der Waals surface area contributed by atoms with Gasteiger partial charge in [0.2, 0.25) is 11.8 Å². The van der Waals surface area contributed by atoms with Gasteiger partial charge in [0.05, 0.1) is 20.1 Å². The van der Waals surface area contributed by atoms with Crippen molar-refractivity contribution >= 4 is 17.8 Å². The Balaban J connectivity index is 2.46. The molecular weight excluding hydrogens is 278 g/mol. The average molecular weight is 301 g/mol. The summed E-state index contributed by atoms with van der Waals surface area (Å²) in [6.07, 6.45) is 0.674. The monoisotopic (exact) mass is 301 g/mol. The summed E-state index contributed by atoms with van der Waals surface area (Å²) in [7, 11) is 2.88. The number of esters is 1. The first kappa shape index (κ1) is 17.4. The first-order chi connectivity index (χ1) is 10.1. The minimum atomic E-state index is -0.657. The van der Waals surface area contributed by atoms with Gasteiger partial charge in [-0.15, -0.1) is 0 Å². The van der Waals surface area contributed by atoms with E-state index >= 15 is 0 Å². The van der Waals surface area contributed by atoms with E-state index in [1.165, 1.54) is 7.11 Å². The van der Waals surface area contributed by atoms with Crippen LogP contribution in [0.5, 0.6) is 0 Å². The van der Waals surface area contributed by atoms with Crippen LogP contribution < -0.4 is 10.6 Å². The van der Waals surface area contributed by atoms with Gasteiger partial charge in [-0.1, -0.05) is 0 Å². The van der Waals surface area contributed by atoms with Gasteiger partial charge in [-0.05, 0) is 6.42 Å². The van der Waals surface area contributed by atoms with E-state index < -0.39 is 12.0 Å². The third kappa shape index (κ3) is 6.09. The van der Waals surface area contributed by atoms with Crippen LogP contribution in [0.1, 0.15) is 12.8 Å². The lowest BCUT2D eigenvalue weighted by Crippen LogP contribution is -2.58. The highest BCUT2D eigenvalue weighted by molar-refractivity contribution is 5.88. The summed E-state index contributed by atoms with van der Waals surface area (Å²) in [4.78, 5) is 36.7. The zero-order valence-corrected chi connectivity index (χ0v) is 12.5. The van der Waals surface area contributed by atoms with E-state index in [4.69, 9.17) is 4.74 Å². The lowest BCUT2D eigenvalue weighted by atomic mass is 10.1. The molecule has 2 amide bonds. The van der Waals surface area contributed by atoms with Crippen LogP contribution in [-0.4, -0.2) is 75.7 Å². The maximum atomic E-state index is 11.8. The Morgan fingerprint density at radius 1 is 1.43 bits per heavy atom. The van der Waals surface area contributed by atoms with E-state index in [0.29, 0.717) is 26.2 Å². The smallest absolute Gasteiger partial charge is 0.307 e. The highest BCUT2D eigenvalue weighted by Crippen LogP contribution is 2.09. The molecule has 1 unspecified atom stereocenters. The number of carbonyl (C=O) groups excluding carboxylic acids is 3. The molecule has 21 heavy (non-hydrogen) atoms. The SMILES string of the molecule is COCCCNC(=O)CN1CCNC(=O)C1CC(=O)OC. The van der Waals surface area contributed by atoms with Gasteiger partial charge >= 0.3 is 5.97 Å². The number of hydrogen-bond donors (Lipinski definition) is 2. The number of hydrogen-bond acceptors (Lipinski definition) is 6. The van der Waals surface area contributed by atoms with Crippen molar-refractivity contribution < 1.29 is 23.9 Å². The Hall–Kier alpha value is -1.67. The van der Waals surface area contributed by atoms with E-state index in [2.05, 4.69) is 15.4 Å². The second-order valence-electron chi connectivity index (χ2n) is 4.75. The molecule has 0 spiro atoms. The van der Waals surface area contributed by atoms with E-state index in [9.17, 15) is 14.4 Å². The summed E-state index contributed by atoms with van der Waals surface area (Å²) in [6, 6.07) is -0.657. The average Bonchev–Trinajstić information content (AvgIpc) is 2.47. The van der Waals surface area contributed by atoms with Gasteiger partial charge < -0.3 is 20.1 Å². The molecule has 1 heterocycles. The van der Waals surface area contributed by atoms with E-state index in [0.717, 1.165) is 6.42 Å². The second-order valence-corrected chi connectivity index (χ2v) is 4.75. The standard InChI is InChI=1S/C13H23N3O5/c1-20-7-3-4-14-11(17)9-16-6-5-15-13(19)10(16)8-12(18)21-2/h10H,3-9H2,1-2H3,(H,14,17)(H,15,19). The van der Waals surface area contributed by atoms with Gasteiger partial charge in [-0.25, -0.2) is 0 Å². The predicted molar refractivity (Wildman–Crippen MR) is 74.5 cm³/mol. The van der Waals surface area contributed by atoms with Crippen molar-refractivity contribution in [3.8, 4) is 0 Å². The van der Waals surface area contributed by atoms with Crippen LogP contribution in [0.2, 0.25) is 0 Å². The molecule has 1 aliphatic rings. The maximum Gasteiger partial charge on any atom is 0.307 e. The third-order valence-corrected chi connectivity index (χ3v) is 3.22.